The summed E-state index contributed by atoms with van der Waals surface area (Å²) in [7, 11) is 0. The third-order valence-corrected chi connectivity index (χ3v) is 6.32. The highest BCUT2D eigenvalue weighted by atomic mass is 32.1. The lowest BCUT2D eigenvalue weighted by Gasteiger charge is -2.24. The molecule has 0 unspecified atom stereocenters. The highest BCUT2D eigenvalue weighted by molar-refractivity contribution is 7.17. The molecule has 5 aromatic rings. The third kappa shape index (κ3) is 4.07. The number of anilines is 1. The lowest BCUT2D eigenvalue weighted by molar-refractivity contribution is 0.0977. The molecular formula is C27H21FN2OS. The molecule has 0 bridgehead atoms. The van der Waals surface area contributed by atoms with E-state index >= 15 is 0 Å². The summed E-state index contributed by atoms with van der Waals surface area (Å²) < 4.78 is 16.8. The van der Waals surface area contributed by atoms with Crippen molar-refractivity contribution >= 4 is 33.1 Å². The largest absolute Gasteiger partial charge is 0.331 e. The molecule has 0 saturated carbocycles. The fourth-order valence-electron chi connectivity index (χ4n) is 3.94. The lowest BCUT2D eigenvalue weighted by atomic mass is 10.1. The van der Waals surface area contributed by atoms with Crippen LogP contribution < -0.4 is 4.90 Å². The van der Waals surface area contributed by atoms with Crippen molar-refractivity contribution in [1.29, 1.82) is 0 Å². The van der Waals surface area contributed by atoms with Crippen LogP contribution in [-0.2, 0) is 13.1 Å². The van der Waals surface area contributed by atoms with E-state index < -0.39 is 0 Å². The van der Waals surface area contributed by atoms with E-state index in [1.165, 1.54) is 12.1 Å². The Labute approximate surface area is 190 Å². The highest BCUT2D eigenvalue weighted by Gasteiger charge is 2.24. The second-order valence-electron chi connectivity index (χ2n) is 7.63. The van der Waals surface area contributed by atoms with Crippen molar-refractivity contribution in [3.05, 3.63) is 125 Å². The smallest absolute Gasteiger partial charge is 0.275 e. The van der Waals surface area contributed by atoms with Gasteiger partial charge >= 0.3 is 0 Å². The first kappa shape index (κ1) is 20.2. The maximum Gasteiger partial charge on any atom is 0.275 e. The predicted octanol–water partition coefficient (Wildman–Crippen LogP) is 6.74. The van der Waals surface area contributed by atoms with E-state index in [0.717, 1.165) is 27.0 Å². The van der Waals surface area contributed by atoms with Crippen molar-refractivity contribution in [3.8, 4) is 0 Å². The molecule has 2 heterocycles. The number of rotatable bonds is 6. The third-order valence-electron chi connectivity index (χ3n) is 5.47. The molecule has 3 nitrogen and oxygen atoms in total. The summed E-state index contributed by atoms with van der Waals surface area (Å²) in [6.45, 7) is 0.884. The number of aromatic nitrogens is 1. The van der Waals surface area contributed by atoms with Crippen molar-refractivity contribution in [2.75, 3.05) is 4.90 Å². The molecule has 32 heavy (non-hydrogen) atoms. The topological polar surface area (TPSA) is 25.2 Å². The zero-order valence-electron chi connectivity index (χ0n) is 17.3. The van der Waals surface area contributed by atoms with Crippen molar-refractivity contribution < 1.29 is 9.18 Å². The molecule has 0 atom stereocenters. The van der Waals surface area contributed by atoms with Crippen LogP contribution in [0.15, 0.2) is 102 Å². The Bertz CT molecular complexity index is 1360. The molecular weight excluding hydrogens is 419 g/mol. The number of hydrogen-bond donors (Lipinski definition) is 0. The van der Waals surface area contributed by atoms with Gasteiger partial charge in [-0.05, 0) is 52.9 Å². The van der Waals surface area contributed by atoms with Gasteiger partial charge in [0.25, 0.3) is 5.91 Å². The normalized spacial score (nSPS) is 11.0. The summed E-state index contributed by atoms with van der Waals surface area (Å²) in [6, 6.07) is 30.2. The Kier molecular flexibility index (Phi) is 5.57. The van der Waals surface area contributed by atoms with Gasteiger partial charge in [0.05, 0.1) is 16.8 Å². The zero-order chi connectivity index (χ0) is 21.9. The maximum atomic E-state index is 13.9. The van der Waals surface area contributed by atoms with Gasteiger partial charge in [-0.2, -0.15) is 0 Å². The first-order chi connectivity index (χ1) is 15.7. The van der Waals surface area contributed by atoms with Gasteiger partial charge < -0.3 is 9.47 Å². The van der Waals surface area contributed by atoms with Crippen LogP contribution in [0, 0.1) is 5.82 Å². The molecule has 0 N–H and O–H groups in total. The van der Waals surface area contributed by atoms with E-state index in [1.807, 2.05) is 88.8 Å². The van der Waals surface area contributed by atoms with E-state index in [1.54, 1.807) is 22.3 Å². The molecule has 2 aromatic heterocycles. The van der Waals surface area contributed by atoms with Crippen LogP contribution in [0.4, 0.5) is 10.1 Å². The molecule has 5 heteroatoms. The molecule has 0 aliphatic carbocycles. The maximum absolute atomic E-state index is 13.9. The van der Waals surface area contributed by atoms with Crippen molar-refractivity contribution in [2.45, 2.75) is 13.1 Å². The molecule has 158 valence electrons. The predicted molar refractivity (Wildman–Crippen MR) is 129 cm³/mol. The molecule has 0 saturated heterocycles. The number of carbonyl (C=O) groups excluding carboxylic acids is 1. The van der Waals surface area contributed by atoms with Crippen LogP contribution in [0.2, 0.25) is 0 Å². The monoisotopic (exact) mass is 440 g/mol. The van der Waals surface area contributed by atoms with Crippen molar-refractivity contribution in [2.24, 2.45) is 0 Å². The minimum absolute atomic E-state index is 0.0835. The number of para-hydroxylation sites is 1. The van der Waals surface area contributed by atoms with Crippen molar-refractivity contribution in [1.82, 2.24) is 4.57 Å². The van der Waals surface area contributed by atoms with Gasteiger partial charge in [-0.15, -0.1) is 11.3 Å². The van der Waals surface area contributed by atoms with Gasteiger partial charge in [0, 0.05) is 12.2 Å². The van der Waals surface area contributed by atoms with Crippen LogP contribution in [0.3, 0.4) is 0 Å². The zero-order valence-corrected chi connectivity index (χ0v) is 18.1. The van der Waals surface area contributed by atoms with Crippen LogP contribution in [-0.4, -0.2) is 10.5 Å². The summed E-state index contributed by atoms with van der Waals surface area (Å²) in [5.41, 5.74) is 4.28. The number of hydrogen-bond acceptors (Lipinski definition) is 2. The number of carbonyl (C=O) groups is 1. The van der Waals surface area contributed by atoms with Crippen LogP contribution in [0.1, 0.15) is 21.6 Å². The second kappa shape index (κ2) is 8.81. The number of fused-ring (bicyclic) bond motifs is 1. The second-order valence-corrected chi connectivity index (χ2v) is 8.58. The van der Waals surface area contributed by atoms with Gasteiger partial charge in [0.1, 0.15) is 11.5 Å². The first-order valence-corrected chi connectivity index (χ1v) is 11.3. The lowest BCUT2D eigenvalue weighted by Crippen LogP contribution is -2.32. The van der Waals surface area contributed by atoms with E-state index in [4.69, 9.17) is 0 Å². The molecule has 0 spiro atoms. The number of thiophene rings is 1. The molecule has 0 aliphatic heterocycles. The number of amides is 1. The van der Waals surface area contributed by atoms with E-state index in [2.05, 4.69) is 0 Å². The molecule has 0 radical (unpaired) electrons. The van der Waals surface area contributed by atoms with Crippen LogP contribution in [0.5, 0.6) is 0 Å². The molecule has 0 aliphatic rings. The van der Waals surface area contributed by atoms with Gasteiger partial charge in [0.15, 0.2) is 0 Å². The Hall–Kier alpha value is -3.70. The molecule has 0 fully saturated rings. The van der Waals surface area contributed by atoms with Gasteiger partial charge in [0.2, 0.25) is 0 Å². The van der Waals surface area contributed by atoms with Gasteiger partial charge in [-0.25, -0.2) is 4.39 Å². The van der Waals surface area contributed by atoms with Gasteiger partial charge in [-0.1, -0.05) is 60.7 Å². The minimum atomic E-state index is -0.279. The fourth-order valence-corrected chi connectivity index (χ4v) is 4.76. The average Bonchev–Trinajstić information content (AvgIpc) is 3.41. The summed E-state index contributed by atoms with van der Waals surface area (Å²) in [5.74, 6) is -0.362. The molecule has 1 amide bonds. The summed E-state index contributed by atoms with van der Waals surface area (Å²) >= 11 is 1.60. The highest BCUT2D eigenvalue weighted by Crippen LogP contribution is 2.29. The summed E-state index contributed by atoms with van der Waals surface area (Å²) in [5, 5.41) is 2.01. The Morgan fingerprint density at radius 2 is 1.56 bits per heavy atom. The Morgan fingerprint density at radius 3 is 2.31 bits per heavy atom. The molecule has 5 rings (SSSR count). The fraction of sp³-hybridized carbons (Fsp3) is 0.0741. The summed E-state index contributed by atoms with van der Waals surface area (Å²) in [4.78, 5) is 15.7. The standard InChI is InChI=1S/C27H21FN2OS/c28-22-11-7-10-21(16-22)19-30-24-14-15-32-26(24)17-25(30)27(31)29(23-12-5-2-6-13-23)18-20-8-3-1-4-9-20/h1-17H,18-19H2. The number of nitrogens with zero attached hydrogens (tertiary/aromatic N) is 2. The SMILES string of the molecule is O=C(c1cc2sccc2n1Cc1cccc(F)c1)N(Cc1ccccc1)c1ccccc1. The Balaban J connectivity index is 1.58. The van der Waals surface area contributed by atoms with Gasteiger partial charge in [-0.3, -0.25) is 4.79 Å². The minimum Gasteiger partial charge on any atom is -0.331 e. The van der Waals surface area contributed by atoms with E-state index in [0.29, 0.717) is 18.8 Å². The van der Waals surface area contributed by atoms with E-state index in [-0.39, 0.29) is 11.7 Å². The van der Waals surface area contributed by atoms with Crippen molar-refractivity contribution in [3.63, 3.8) is 0 Å². The number of halogens is 1. The van der Waals surface area contributed by atoms with Crippen LogP contribution in [0.25, 0.3) is 10.2 Å². The first-order valence-electron chi connectivity index (χ1n) is 10.4. The average molecular weight is 441 g/mol. The van der Waals surface area contributed by atoms with Crippen LogP contribution >= 0.6 is 11.3 Å². The van der Waals surface area contributed by atoms with E-state index in [9.17, 15) is 9.18 Å². The summed E-state index contributed by atoms with van der Waals surface area (Å²) in [6.07, 6.45) is 0. The quantitative estimate of drug-likeness (QED) is 0.287. The molecule has 3 aromatic carbocycles. The Morgan fingerprint density at radius 1 is 0.844 bits per heavy atom. The number of benzene rings is 3.